The molecule has 1 aliphatic rings. The maximum atomic E-state index is 11.0. The Labute approximate surface area is 173 Å². The van der Waals surface area contributed by atoms with Crippen LogP contribution in [0, 0.1) is 0 Å². The van der Waals surface area contributed by atoms with Crippen LogP contribution in [0.3, 0.4) is 0 Å². The highest BCUT2D eigenvalue weighted by molar-refractivity contribution is 6.63. The van der Waals surface area contributed by atoms with Gasteiger partial charge in [-0.3, -0.25) is 9.69 Å². The van der Waals surface area contributed by atoms with Crippen molar-refractivity contribution in [2.24, 2.45) is 0 Å². The Morgan fingerprint density at radius 3 is 2.70 bits per heavy atom. The molecule has 0 bridgehead atoms. The second-order valence-electron chi connectivity index (χ2n) is 6.34. The second-order valence-corrected chi connectivity index (χ2v) is 7.54. The second kappa shape index (κ2) is 9.76. The van der Waals surface area contributed by atoms with Gasteiger partial charge >= 0.3 is 0 Å². The topological polar surface area (TPSA) is 38.8 Å². The molecule has 27 heavy (non-hydrogen) atoms. The van der Waals surface area contributed by atoms with Crippen LogP contribution in [0.25, 0.3) is 0 Å². The van der Waals surface area contributed by atoms with Crippen LogP contribution in [0.4, 0.5) is 0 Å². The highest BCUT2D eigenvalue weighted by Gasteiger charge is 2.22. The van der Waals surface area contributed by atoms with E-state index in [4.69, 9.17) is 44.3 Å². The van der Waals surface area contributed by atoms with E-state index in [1.165, 1.54) is 0 Å². The van der Waals surface area contributed by atoms with Gasteiger partial charge in [0.2, 0.25) is 5.24 Å². The lowest BCUT2D eigenvalue weighted by molar-refractivity contribution is -0.112. The van der Waals surface area contributed by atoms with Gasteiger partial charge in [0.1, 0.15) is 12.4 Å². The minimum atomic E-state index is -0.306. The molecule has 4 nitrogen and oxygen atoms in total. The molecule has 1 fully saturated rings. The van der Waals surface area contributed by atoms with Gasteiger partial charge in [0.05, 0.1) is 22.8 Å². The number of ether oxygens (including phenoxy) is 2. The molecule has 1 aliphatic heterocycles. The maximum Gasteiger partial charge on any atom is 0.222 e. The Morgan fingerprint density at radius 2 is 1.96 bits per heavy atom. The smallest absolute Gasteiger partial charge is 0.222 e. The first kappa shape index (κ1) is 20.4. The summed E-state index contributed by atoms with van der Waals surface area (Å²) in [6.07, 6.45) is 0.327. The summed E-state index contributed by atoms with van der Waals surface area (Å²) in [6.45, 7) is 3.18. The Balaban J connectivity index is 1.56. The van der Waals surface area contributed by atoms with Crippen molar-refractivity contribution in [3.63, 3.8) is 0 Å². The van der Waals surface area contributed by atoms with Gasteiger partial charge in [0, 0.05) is 31.6 Å². The van der Waals surface area contributed by atoms with Gasteiger partial charge in [-0.05, 0) is 35.4 Å². The maximum absolute atomic E-state index is 11.0. The van der Waals surface area contributed by atoms with Crippen LogP contribution in [0.15, 0.2) is 42.5 Å². The van der Waals surface area contributed by atoms with Crippen molar-refractivity contribution < 1.29 is 14.3 Å². The van der Waals surface area contributed by atoms with Crippen molar-refractivity contribution in [1.82, 2.24) is 4.90 Å². The van der Waals surface area contributed by atoms with Crippen molar-refractivity contribution in [2.45, 2.75) is 19.1 Å². The van der Waals surface area contributed by atoms with E-state index in [1.807, 2.05) is 36.4 Å². The van der Waals surface area contributed by atoms with Crippen molar-refractivity contribution in [1.29, 1.82) is 0 Å². The molecular weight excluding hydrogens is 409 g/mol. The highest BCUT2D eigenvalue weighted by Crippen LogP contribution is 2.28. The zero-order valence-corrected chi connectivity index (χ0v) is 16.9. The number of halogens is 3. The Kier molecular flexibility index (Phi) is 7.39. The number of nitrogens with zero attached hydrogens (tertiary/aromatic N) is 1. The third-order valence-electron chi connectivity index (χ3n) is 4.45. The lowest BCUT2D eigenvalue weighted by Gasteiger charge is -2.32. The summed E-state index contributed by atoms with van der Waals surface area (Å²) in [5.41, 5.74) is 1.92. The number of rotatable bonds is 7. The third kappa shape index (κ3) is 5.84. The molecule has 0 aliphatic carbocycles. The SMILES string of the molecule is O=C(Cl)CCN1CCOC(c2ccc(OCc3cccc(Cl)c3Cl)cc2)C1. The van der Waals surface area contributed by atoms with E-state index >= 15 is 0 Å². The molecule has 3 rings (SSSR count). The Morgan fingerprint density at radius 1 is 1.19 bits per heavy atom. The fraction of sp³-hybridized carbons (Fsp3) is 0.350. The minimum Gasteiger partial charge on any atom is -0.489 e. The fourth-order valence-corrected chi connectivity index (χ4v) is 3.41. The van der Waals surface area contributed by atoms with Gasteiger partial charge in [-0.15, -0.1) is 0 Å². The van der Waals surface area contributed by atoms with Crippen molar-refractivity contribution in [3.05, 3.63) is 63.6 Å². The molecule has 0 spiro atoms. The molecule has 0 N–H and O–H groups in total. The van der Waals surface area contributed by atoms with E-state index in [0.717, 1.165) is 30.0 Å². The fourth-order valence-electron chi connectivity index (χ4n) is 2.95. The molecule has 0 aromatic heterocycles. The first-order valence-corrected chi connectivity index (χ1v) is 9.84. The first-order valence-electron chi connectivity index (χ1n) is 8.71. The average Bonchev–Trinajstić information content (AvgIpc) is 2.68. The summed E-state index contributed by atoms with van der Waals surface area (Å²) in [7, 11) is 0. The number of hydrogen-bond donors (Lipinski definition) is 0. The van der Waals surface area contributed by atoms with Crippen molar-refractivity contribution in [2.75, 3.05) is 26.2 Å². The monoisotopic (exact) mass is 427 g/mol. The molecular formula is C20H20Cl3NO3. The van der Waals surface area contributed by atoms with Crippen molar-refractivity contribution in [3.8, 4) is 5.75 Å². The summed E-state index contributed by atoms with van der Waals surface area (Å²) < 4.78 is 11.7. The van der Waals surface area contributed by atoms with E-state index in [1.54, 1.807) is 6.07 Å². The molecule has 144 valence electrons. The predicted molar refractivity (Wildman–Crippen MR) is 108 cm³/mol. The average molecular weight is 429 g/mol. The van der Waals surface area contributed by atoms with E-state index in [9.17, 15) is 4.79 Å². The van der Waals surface area contributed by atoms with Crippen LogP contribution in [-0.4, -0.2) is 36.4 Å². The van der Waals surface area contributed by atoms with E-state index in [2.05, 4.69) is 4.90 Å². The van der Waals surface area contributed by atoms with Gasteiger partial charge in [-0.2, -0.15) is 0 Å². The molecule has 2 aromatic carbocycles. The largest absolute Gasteiger partial charge is 0.489 e. The molecule has 1 unspecified atom stereocenters. The van der Waals surface area contributed by atoms with Crippen LogP contribution in [0.2, 0.25) is 10.0 Å². The van der Waals surface area contributed by atoms with Gasteiger partial charge in [0.15, 0.2) is 0 Å². The number of benzene rings is 2. The summed E-state index contributed by atoms with van der Waals surface area (Å²) in [4.78, 5) is 13.2. The summed E-state index contributed by atoms with van der Waals surface area (Å²) in [5.74, 6) is 0.746. The number of carbonyl (C=O) groups excluding carboxylic acids is 1. The van der Waals surface area contributed by atoms with Crippen molar-refractivity contribution >= 4 is 40.0 Å². The van der Waals surface area contributed by atoms with Crippen LogP contribution in [0.5, 0.6) is 5.75 Å². The van der Waals surface area contributed by atoms with Crippen LogP contribution in [0.1, 0.15) is 23.7 Å². The lowest BCUT2D eigenvalue weighted by Crippen LogP contribution is -2.39. The Hall–Kier alpha value is -1.30. The number of morpholine rings is 1. The lowest BCUT2D eigenvalue weighted by atomic mass is 10.1. The summed E-state index contributed by atoms with van der Waals surface area (Å²) in [6, 6.07) is 13.3. The number of carbonyl (C=O) groups is 1. The molecule has 0 saturated carbocycles. The summed E-state index contributed by atoms with van der Waals surface area (Å²) in [5, 5.41) is 0.726. The zero-order valence-electron chi connectivity index (χ0n) is 14.7. The zero-order chi connectivity index (χ0) is 19.2. The standard InChI is InChI=1S/C20H20Cl3NO3/c21-17-3-1-2-15(20(17)23)13-27-16-6-4-14(5-7-16)18-12-24(10-11-26-18)9-8-19(22)25/h1-7,18H,8-13H2. The van der Waals surface area contributed by atoms with Crippen LogP contribution in [-0.2, 0) is 16.1 Å². The van der Waals surface area contributed by atoms with Gasteiger partial charge in [-0.25, -0.2) is 0 Å². The highest BCUT2D eigenvalue weighted by atomic mass is 35.5. The van der Waals surface area contributed by atoms with Gasteiger partial charge < -0.3 is 9.47 Å². The third-order valence-corrected chi connectivity index (χ3v) is 5.50. The van der Waals surface area contributed by atoms with Crippen LogP contribution < -0.4 is 4.74 Å². The van der Waals surface area contributed by atoms with E-state index in [-0.39, 0.29) is 11.3 Å². The molecule has 1 heterocycles. The molecule has 7 heteroatoms. The Bertz CT molecular complexity index is 783. The quantitative estimate of drug-likeness (QED) is 0.575. The molecule has 1 saturated heterocycles. The minimum absolute atomic E-state index is 0.0272. The molecule has 0 radical (unpaired) electrons. The molecule has 2 aromatic rings. The van der Waals surface area contributed by atoms with Gasteiger partial charge in [0.25, 0.3) is 0 Å². The first-order chi connectivity index (χ1) is 13.0. The van der Waals surface area contributed by atoms with Gasteiger partial charge in [-0.1, -0.05) is 47.5 Å². The molecule has 1 atom stereocenters. The van der Waals surface area contributed by atoms with Crippen LogP contribution >= 0.6 is 34.8 Å². The van der Waals surface area contributed by atoms with E-state index < -0.39 is 0 Å². The molecule has 0 amide bonds. The normalized spacial score (nSPS) is 17.7. The summed E-state index contributed by atoms with van der Waals surface area (Å²) >= 11 is 17.6. The number of hydrogen-bond acceptors (Lipinski definition) is 4. The van der Waals surface area contributed by atoms with E-state index in [0.29, 0.717) is 36.2 Å². The predicted octanol–water partition coefficient (Wildman–Crippen LogP) is 5.10.